The molecule has 0 heterocycles. The first-order valence-electron chi connectivity index (χ1n) is 2.17. The first-order chi connectivity index (χ1) is 3.27. The molecule has 0 rings (SSSR count). The van der Waals surface area contributed by atoms with Crippen LogP contribution in [0, 0.1) is 0 Å². The molecule has 0 aliphatic rings. The summed E-state index contributed by atoms with van der Waals surface area (Å²) in [5.74, 6) is -0.304. The summed E-state index contributed by atoms with van der Waals surface area (Å²) < 4.78 is 0. The van der Waals surface area contributed by atoms with Gasteiger partial charge in [-0.25, -0.2) is 0 Å². The molecule has 0 amide bonds. The number of hydroxylamine groups is 1. The molecule has 0 atom stereocenters. The molecule has 0 saturated heterocycles. The molecule has 0 aromatic heterocycles. The number of carbonyl (C=O) groups is 1. The van der Waals surface area contributed by atoms with E-state index in [0.717, 1.165) is 0 Å². The smallest absolute Gasteiger partial charge is 0.321 e. The zero-order valence-electron chi connectivity index (χ0n) is 5.23. The fraction of sp³-hybridized carbons (Fsp3) is 0.750. The van der Waals surface area contributed by atoms with Gasteiger partial charge in [0.05, 0.1) is 0 Å². The molecule has 0 aliphatic heterocycles. The van der Waals surface area contributed by atoms with Gasteiger partial charge in [-0.3, -0.25) is 4.79 Å². The van der Waals surface area contributed by atoms with Crippen molar-refractivity contribution in [2.24, 2.45) is 0 Å². The summed E-state index contributed by atoms with van der Waals surface area (Å²) in [5.41, 5.74) is 2.40. The molecule has 0 radical (unpaired) electrons. The van der Waals surface area contributed by atoms with Crippen molar-refractivity contribution in [3.05, 3.63) is 0 Å². The van der Waals surface area contributed by atoms with Crippen LogP contribution in [-0.2, 0) is 29.1 Å². The second kappa shape index (κ2) is 7.05. The van der Waals surface area contributed by atoms with Crippen molar-refractivity contribution in [1.82, 2.24) is 5.48 Å². The maximum Gasteiger partial charge on any atom is 0.321 e. The van der Waals surface area contributed by atoms with Crippen molar-refractivity contribution in [2.45, 2.75) is 13.8 Å². The van der Waals surface area contributed by atoms with Crippen molar-refractivity contribution in [1.29, 1.82) is 0 Å². The standard InChI is InChI=1S/C4H9NO2.Zn/c1-3-5-7-4(2)6;/h5H,3H2,1-2H3;. The van der Waals surface area contributed by atoms with Gasteiger partial charge >= 0.3 is 5.97 Å². The Labute approximate surface area is 61.5 Å². The molecule has 4 heteroatoms. The molecule has 8 heavy (non-hydrogen) atoms. The fourth-order valence-electron chi connectivity index (χ4n) is 0.174. The molecule has 0 saturated carbocycles. The van der Waals surface area contributed by atoms with Gasteiger partial charge in [-0.2, -0.15) is 5.48 Å². The second-order valence-electron chi connectivity index (χ2n) is 1.09. The molecule has 0 unspecified atom stereocenters. The Kier molecular flexibility index (Phi) is 9.64. The van der Waals surface area contributed by atoms with Crippen LogP contribution in [0.5, 0.6) is 0 Å². The maximum absolute atomic E-state index is 9.92. The summed E-state index contributed by atoms with van der Waals surface area (Å²) in [6.07, 6.45) is 0. The van der Waals surface area contributed by atoms with Crippen LogP contribution in [0.3, 0.4) is 0 Å². The van der Waals surface area contributed by atoms with Crippen molar-refractivity contribution in [3.63, 3.8) is 0 Å². The number of carbonyl (C=O) groups excluding carboxylic acids is 1. The molecule has 0 aromatic rings. The molecule has 0 aromatic carbocycles. The van der Waals surface area contributed by atoms with Crippen LogP contribution in [0.25, 0.3) is 0 Å². The van der Waals surface area contributed by atoms with Gasteiger partial charge in [0.2, 0.25) is 0 Å². The molecule has 3 nitrogen and oxygen atoms in total. The summed E-state index contributed by atoms with van der Waals surface area (Å²) in [4.78, 5) is 14.2. The minimum Gasteiger partial charge on any atom is -0.371 e. The van der Waals surface area contributed by atoms with Gasteiger partial charge in [-0.05, 0) is 6.92 Å². The Balaban J connectivity index is 0. The van der Waals surface area contributed by atoms with E-state index in [0.29, 0.717) is 6.54 Å². The van der Waals surface area contributed by atoms with Gasteiger partial charge in [0.1, 0.15) is 0 Å². The van der Waals surface area contributed by atoms with Crippen molar-refractivity contribution in [2.75, 3.05) is 6.54 Å². The van der Waals surface area contributed by atoms with E-state index in [2.05, 4.69) is 10.3 Å². The van der Waals surface area contributed by atoms with Gasteiger partial charge in [0, 0.05) is 32.9 Å². The molecule has 1 N–H and O–H groups in total. The second-order valence-corrected chi connectivity index (χ2v) is 1.09. The maximum atomic E-state index is 9.92. The minimum absolute atomic E-state index is 0. The third kappa shape index (κ3) is 9.41. The van der Waals surface area contributed by atoms with Gasteiger partial charge in [-0.15, -0.1) is 0 Å². The summed E-state index contributed by atoms with van der Waals surface area (Å²) in [7, 11) is 0. The van der Waals surface area contributed by atoms with E-state index in [1.807, 2.05) is 6.92 Å². The van der Waals surface area contributed by atoms with Crippen LogP contribution in [-0.4, -0.2) is 12.5 Å². The molecule has 0 bridgehead atoms. The van der Waals surface area contributed by atoms with Crippen molar-refractivity contribution in [3.8, 4) is 0 Å². The fourth-order valence-corrected chi connectivity index (χ4v) is 0.174. The van der Waals surface area contributed by atoms with Crippen LogP contribution in [0.15, 0.2) is 0 Å². The Morgan fingerprint density at radius 1 is 1.75 bits per heavy atom. The van der Waals surface area contributed by atoms with E-state index in [-0.39, 0.29) is 25.4 Å². The summed E-state index contributed by atoms with van der Waals surface area (Å²) >= 11 is 0. The first kappa shape index (κ1) is 10.9. The van der Waals surface area contributed by atoms with Gasteiger partial charge in [0.15, 0.2) is 0 Å². The number of rotatable bonds is 2. The molecule has 44 valence electrons. The monoisotopic (exact) mass is 167 g/mol. The average molecular weight is 169 g/mol. The zero-order valence-corrected chi connectivity index (χ0v) is 8.20. The third-order valence-corrected chi connectivity index (χ3v) is 0.360. The topological polar surface area (TPSA) is 38.3 Å². The normalized spacial score (nSPS) is 7.25. The number of hydrogen-bond donors (Lipinski definition) is 1. The van der Waals surface area contributed by atoms with Gasteiger partial charge in [0.25, 0.3) is 0 Å². The Morgan fingerprint density at radius 3 is 2.38 bits per heavy atom. The molecular formula is C4H9NO2Zn. The molecule has 0 fully saturated rings. The zero-order chi connectivity index (χ0) is 5.70. The van der Waals surface area contributed by atoms with Crippen molar-refractivity contribution >= 4 is 5.97 Å². The van der Waals surface area contributed by atoms with Crippen LogP contribution < -0.4 is 5.48 Å². The van der Waals surface area contributed by atoms with Crippen LogP contribution in [0.4, 0.5) is 0 Å². The number of hydrogen-bond acceptors (Lipinski definition) is 3. The van der Waals surface area contributed by atoms with E-state index < -0.39 is 0 Å². The van der Waals surface area contributed by atoms with E-state index in [1.54, 1.807) is 0 Å². The predicted octanol–water partition coefficient (Wildman–Crippen LogP) is 0.0715. The van der Waals surface area contributed by atoms with Crippen LogP contribution in [0.2, 0.25) is 0 Å². The minimum atomic E-state index is -0.304. The SMILES string of the molecule is CCNOC(C)=O.[Zn]. The molecular weight excluding hydrogens is 159 g/mol. The van der Waals surface area contributed by atoms with Crippen LogP contribution >= 0.6 is 0 Å². The Hall–Kier alpha value is 0.0534. The van der Waals surface area contributed by atoms with E-state index >= 15 is 0 Å². The van der Waals surface area contributed by atoms with Gasteiger partial charge in [-0.1, -0.05) is 0 Å². The van der Waals surface area contributed by atoms with E-state index in [9.17, 15) is 4.79 Å². The van der Waals surface area contributed by atoms with Crippen molar-refractivity contribution < 1.29 is 29.1 Å². The summed E-state index contributed by atoms with van der Waals surface area (Å²) in [6.45, 7) is 3.85. The van der Waals surface area contributed by atoms with Gasteiger partial charge < -0.3 is 4.84 Å². The summed E-state index contributed by atoms with van der Waals surface area (Å²) in [6, 6.07) is 0. The third-order valence-electron chi connectivity index (χ3n) is 0.360. The first-order valence-corrected chi connectivity index (χ1v) is 2.17. The quantitative estimate of drug-likeness (QED) is 0.469. The number of nitrogens with one attached hydrogen (secondary N) is 1. The molecule has 0 spiro atoms. The predicted molar refractivity (Wildman–Crippen MR) is 25.4 cm³/mol. The van der Waals surface area contributed by atoms with Crippen LogP contribution in [0.1, 0.15) is 13.8 Å². The van der Waals surface area contributed by atoms with E-state index in [4.69, 9.17) is 0 Å². The summed E-state index contributed by atoms with van der Waals surface area (Å²) in [5, 5.41) is 0. The molecule has 0 aliphatic carbocycles. The average Bonchev–Trinajstić information content (AvgIpc) is 1.61. The Morgan fingerprint density at radius 2 is 2.25 bits per heavy atom. The van der Waals surface area contributed by atoms with E-state index in [1.165, 1.54) is 6.92 Å². The Bertz CT molecular complexity index is 67.1. The largest absolute Gasteiger partial charge is 0.371 e.